The van der Waals surface area contributed by atoms with Gasteiger partial charge in [-0.05, 0) is 40.9 Å². The van der Waals surface area contributed by atoms with Gasteiger partial charge < -0.3 is 8.98 Å². The number of amides is 1. The number of aromatic nitrogens is 4. The van der Waals surface area contributed by atoms with Crippen LogP contribution in [-0.4, -0.2) is 36.4 Å². The number of hydrogen-bond acceptors (Lipinski definition) is 7. The minimum atomic E-state index is -0.690. The summed E-state index contributed by atoms with van der Waals surface area (Å²) >= 11 is 1.48. The van der Waals surface area contributed by atoms with Gasteiger partial charge in [0.15, 0.2) is 0 Å². The molecule has 172 valence electrons. The summed E-state index contributed by atoms with van der Waals surface area (Å²) in [6, 6.07) is 15.4. The van der Waals surface area contributed by atoms with Gasteiger partial charge in [-0.3, -0.25) is 14.6 Å². The van der Waals surface area contributed by atoms with Crippen LogP contribution in [0.5, 0.6) is 0 Å². The van der Waals surface area contributed by atoms with Gasteiger partial charge in [0.05, 0.1) is 35.3 Å². The van der Waals surface area contributed by atoms with Gasteiger partial charge in [-0.25, -0.2) is 0 Å². The monoisotopic (exact) mass is 483 g/mol. The van der Waals surface area contributed by atoms with E-state index in [9.17, 15) is 9.59 Å². The molecule has 0 spiro atoms. The van der Waals surface area contributed by atoms with Crippen molar-refractivity contribution in [3.63, 3.8) is 0 Å². The van der Waals surface area contributed by atoms with Crippen LogP contribution in [0.15, 0.2) is 92.1 Å². The molecule has 4 aromatic rings. The van der Waals surface area contributed by atoms with Gasteiger partial charge in [0.25, 0.3) is 10.7 Å². The third kappa shape index (κ3) is 4.08. The first-order valence-electron chi connectivity index (χ1n) is 11.0. The zero-order chi connectivity index (χ0) is 23.8. The molecule has 1 amide bonds. The van der Waals surface area contributed by atoms with Crippen molar-refractivity contribution in [2.24, 2.45) is 10.9 Å². The number of nitrogens with one attached hydrogen (secondary N) is 1. The van der Waals surface area contributed by atoms with E-state index in [1.807, 2.05) is 36.4 Å². The van der Waals surface area contributed by atoms with Crippen molar-refractivity contribution in [1.82, 2.24) is 19.7 Å². The lowest BCUT2D eigenvalue weighted by molar-refractivity contribution is -0.373. The Bertz CT molecular complexity index is 1670. The van der Waals surface area contributed by atoms with E-state index in [-0.39, 0.29) is 11.5 Å². The molecule has 0 saturated carbocycles. The zero-order valence-electron chi connectivity index (χ0n) is 18.4. The summed E-state index contributed by atoms with van der Waals surface area (Å²) in [6.45, 7) is 0.301. The standard InChI is InChI=1S/C25H19N6O3S/c32-22-18-13-19-21(26-20(18)8-10-30(22)14-17-7-4-12-34-17)9-11-31(23(19)33)24-27-25(29-28-24)35-15-16-5-2-1-3-6-16/h1-13,19H,14-15H2,(H,27,28,29)/q+1. The number of rotatable bonds is 6. The van der Waals surface area contributed by atoms with Crippen LogP contribution in [0.3, 0.4) is 0 Å². The van der Waals surface area contributed by atoms with Crippen molar-refractivity contribution in [2.45, 2.75) is 17.5 Å². The van der Waals surface area contributed by atoms with Crippen LogP contribution in [0.4, 0.5) is 5.95 Å². The van der Waals surface area contributed by atoms with E-state index in [1.165, 1.54) is 16.3 Å². The molecule has 35 heavy (non-hydrogen) atoms. The molecule has 0 fully saturated rings. The highest BCUT2D eigenvalue weighted by molar-refractivity contribution is 7.98. The molecule has 0 aliphatic carbocycles. The highest BCUT2D eigenvalue weighted by atomic mass is 32.2. The summed E-state index contributed by atoms with van der Waals surface area (Å²) in [7, 11) is 0. The summed E-state index contributed by atoms with van der Waals surface area (Å²) < 4.78 is 8.32. The number of carbonyl (C=O) groups is 1. The van der Waals surface area contributed by atoms with E-state index in [0.29, 0.717) is 39.7 Å². The van der Waals surface area contributed by atoms with Crippen molar-refractivity contribution in [3.8, 4) is 0 Å². The van der Waals surface area contributed by atoms with Crippen LogP contribution in [0.1, 0.15) is 11.3 Å². The summed E-state index contributed by atoms with van der Waals surface area (Å²) in [4.78, 5) is 35.5. The second kappa shape index (κ2) is 8.80. The Balaban J connectivity index is 1.27. The molecule has 2 aliphatic rings. The lowest BCUT2D eigenvalue weighted by Crippen LogP contribution is -2.48. The first-order chi connectivity index (χ1) is 17.2. The number of thioether (sulfide) groups is 1. The van der Waals surface area contributed by atoms with Gasteiger partial charge in [-0.1, -0.05) is 47.2 Å². The quantitative estimate of drug-likeness (QED) is 0.331. The molecular formula is C25H19N6O3S+. The average molecular weight is 484 g/mol. The van der Waals surface area contributed by atoms with Crippen LogP contribution in [0, 0.1) is 5.92 Å². The van der Waals surface area contributed by atoms with Crippen molar-refractivity contribution in [2.75, 3.05) is 0 Å². The van der Waals surface area contributed by atoms with Gasteiger partial charge in [0, 0.05) is 11.9 Å². The predicted octanol–water partition coefficient (Wildman–Crippen LogP) is 1.77. The summed E-state index contributed by atoms with van der Waals surface area (Å²) in [5.41, 5.74) is 1.52. The fraction of sp³-hybridized carbons (Fsp3) is 0.120. The molecule has 3 aromatic heterocycles. The molecule has 1 aromatic carbocycles. The molecule has 5 heterocycles. The molecule has 2 aliphatic heterocycles. The Kier molecular flexibility index (Phi) is 5.34. The van der Waals surface area contributed by atoms with E-state index in [4.69, 9.17) is 4.42 Å². The van der Waals surface area contributed by atoms with Gasteiger partial charge in [0.1, 0.15) is 11.7 Å². The van der Waals surface area contributed by atoms with Crippen molar-refractivity contribution in [1.29, 1.82) is 0 Å². The van der Waals surface area contributed by atoms with E-state index in [2.05, 4.69) is 20.2 Å². The smallest absolute Gasteiger partial charge is 0.425 e. The third-order valence-corrected chi connectivity index (χ3v) is 6.70. The Morgan fingerprint density at radius 1 is 1.11 bits per heavy atom. The van der Waals surface area contributed by atoms with E-state index in [0.717, 1.165) is 11.3 Å². The van der Waals surface area contributed by atoms with Crippen molar-refractivity contribution < 1.29 is 13.8 Å². The maximum Gasteiger partial charge on any atom is 0.425 e. The molecule has 1 N–H and O–H groups in total. The molecule has 6 rings (SSSR count). The van der Waals surface area contributed by atoms with E-state index >= 15 is 0 Å². The third-order valence-electron chi connectivity index (χ3n) is 5.78. The normalized spacial score (nSPS) is 16.5. The molecular weight excluding hydrogens is 464 g/mol. The first-order valence-corrected chi connectivity index (χ1v) is 11.9. The average Bonchev–Trinajstić information content (AvgIpc) is 3.57. The molecule has 0 saturated heterocycles. The number of furan rings is 1. The summed E-state index contributed by atoms with van der Waals surface area (Å²) in [5, 5.41) is 8.57. The summed E-state index contributed by atoms with van der Waals surface area (Å²) in [6.07, 6.45) is 8.32. The maximum absolute atomic E-state index is 13.4. The van der Waals surface area contributed by atoms with E-state index < -0.39 is 5.92 Å². The summed E-state index contributed by atoms with van der Waals surface area (Å²) in [5.74, 6) is 0.763. The van der Waals surface area contributed by atoms with Gasteiger partial charge in [-0.15, -0.1) is 5.10 Å². The molecule has 1 unspecified atom stereocenters. The minimum Gasteiger partial charge on any atom is -0.467 e. The largest absolute Gasteiger partial charge is 0.467 e. The number of hydrogen-bond donors (Lipinski definition) is 1. The predicted molar refractivity (Wildman–Crippen MR) is 129 cm³/mol. The molecule has 0 radical (unpaired) electrons. The number of benzene rings is 1. The topological polar surface area (TPSA) is 109 Å². The van der Waals surface area contributed by atoms with E-state index in [1.54, 1.807) is 47.5 Å². The van der Waals surface area contributed by atoms with Crippen LogP contribution in [0.25, 0.3) is 6.08 Å². The number of aromatic amines is 1. The lowest BCUT2D eigenvalue weighted by Gasteiger charge is -2.18. The molecule has 1 atom stereocenters. The second-order valence-corrected chi connectivity index (χ2v) is 8.99. The van der Waals surface area contributed by atoms with Gasteiger partial charge in [-0.2, -0.15) is 4.58 Å². The molecule has 10 heteroatoms. The minimum absolute atomic E-state index is 0.227. The second-order valence-electron chi connectivity index (χ2n) is 8.05. The Hall–Kier alpha value is -4.31. The van der Waals surface area contributed by atoms with Crippen LogP contribution in [-0.2, 0) is 17.1 Å². The number of pyridine rings is 1. The van der Waals surface area contributed by atoms with Crippen LogP contribution < -0.4 is 16.1 Å². The van der Waals surface area contributed by atoms with Crippen molar-refractivity contribution in [3.05, 3.63) is 105 Å². The Morgan fingerprint density at radius 3 is 2.83 bits per heavy atom. The van der Waals surface area contributed by atoms with Crippen molar-refractivity contribution >= 4 is 35.9 Å². The lowest BCUT2D eigenvalue weighted by atomic mass is 9.98. The fourth-order valence-corrected chi connectivity index (χ4v) is 4.76. The number of carbonyl (C=O) groups excluding carboxylic acids is 1. The van der Waals surface area contributed by atoms with Gasteiger partial charge >= 0.3 is 11.9 Å². The highest BCUT2D eigenvalue weighted by Gasteiger charge is 2.34. The van der Waals surface area contributed by atoms with Crippen LogP contribution >= 0.6 is 11.8 Å². The first kappa shape index (κ1) is 21.2. The van der Waals surface area contributed by atoms with Gasteiger partial charge in [0.2, 0.25) is 0 Å². The maximum atomic E-state index is 13.4. The number of H-pyrrole nitrogens is 1. The SMILES string of the molecule is O=C1C2C=c3c(ccn(Cc4ccco4)c3=O)=NC2=CC=[N+]1c1nc(SCc2ccccc2)n[nH]1. The number of fused-ring (bicyclic) bond motifs is 2. The Labute approximate surface area is 202 Å². The van der Waals surface area contributed by atoms with Crippen LogP contribution in [0.2, 0.25) is 0 Å². The zero-order valence-corrected chi connectivity index (χ0v) is 19.2. The highest BCUT2D eigenvalue weighted by Crippen LogP contribution is 2.25. The number of allylic oxidation sites excluding steroid dienone is 1. The fourth-order valence-electron chi connectivity index (χ4n) is 4.01. The molecule has 9 nitrogen and oxygen atoms in total. The Morgan fingerprint density at radius 2 is 2.00 bits per heavy atom. The molecule has 0 bridgehead atoms. The number of nitrogens with zero attached hydrogens (tertiary/aromatic N) is 5.